The van der Waals surface area contributed by atoms with Gasteiger partial charge in [0.15, 0.2) is 0 Å². The van der Waals surface area contributed by atoms with Crippen LogP contribution in [0.1, 0.15) is 26.1 Å². The molecule has 1 aromatic heterocycles. The van der Waals surface area contributed by atoms with Crippen molar-refractivity contribution in [3.63, 3.8) is 0 Å². The maximum atomic E-state index is 12.6. The predicted octanol–water partition coefficient (Wildman–Crippen LogP) is 2.55. The van der Waals surface area contributed by atoms with Crippen molar-refractivity contribution in [2.75, 3.05) is 18.4 Å². The molecule has 2 amide bonds. The molecule has 6 nitrogen and oxygen atoms in total. The van der Waals surface area contributed by atoms with Gasteiger partial charge in [0.05, 0.1) is 11.9 Å². The first kappa shape index (κ1) is 16.8. The van der Waals surface area contributed by atoms with E-state index in [0.717, 1.165) is 55.2 Å². The largest absolute Gasteiger partial charge is 0.340 e. The average Bonchev–Trinajstić information content (AvgIpc) is 3.27. The number of imidazole rings is 1. The Hall–Kier alpha value is -2.63. The summed E-state index contributed by atoms with van der Waals surface area (Å²) in [6, 6.07) is 7.80. The van der Waals surface area contributed by atoms with E-state index in [-0.39, 0.29) is 11.8 Å². The van der Waals surface area contributed by atoms with E-state index in [1.807, 2.05) is 35.4 Å². The number of carbonyl (C=O) groups is 2. The molecule has 0 unspecified atom stereocenters. The molecule has 1 aromatic carbocycles. The molecule has 1 fully saturated rings. The molecule has 2 heterocycles. The number of hydrogen-bond acceptors (Lipinski definition) is 3. The normalized spacial score (nSPS) is 21.7. The molecule has 0 saturated heterocycles. The highest BCUT2D eigenvalue weighted by molar-refractivity contribution is 5.89. The number of rotatable bonds is 3. The van der Waals surface area contributed by atoms with E-state index in [2.05, 4.69) is 21.8 Å². The molecule has 26 heavy (non-hydrogen) atoms. The molecule has 1 aliphatic heterocycles. The summed E-state index contributed by atoms with van der Waals surface area (Å²) in [4.78, 5) is 30.5. The zero-order valence-corrected chi connectivity index (χ0v) is 15.2. The van der Waals surface area contributed by atoms with Gasteiger partial charge in [0.25, 0.3) is 0 Å². The molecule has 4 rings (SSSR count). The van der Waals surface area contributed by atoms with Crippen LogP contribution in [-0.4, -0.2) is 39.4 Å². The molecular weight excluding hydrogens is 328 g/mol. The molecule has 1 aliphatic carbocycles. The van der Waals surface area contributed by atoms with Gasteiger partial charge in [-0.3, -0.25) is 9.59 Å². The molecule has 2 aromatic rings. The minimum atomic E-state index is -0.0854. The van der Waals surface area contributed by atoms with Crippen molar-refractivity contribution in [2.45, 2.75) is 33.2 Å². The summed E-state index contributed by atoms with van der Waals surface area (Å²) in [5.74, 6) is 2.00. The molecule has 2 aliphatic rings. The van der Waals surface area contributed by atoms with Crippen molar-refractivity contribution < 1.29 is 9.59 Å². The third-order valence-electron chi connectivity index (χ3n) is 5.35. The van der Waals surface area contributed by atoms with Crippen LogP contribution < -0.4 is 5.32 Å². The van der Waals surface area contributed by atoms with E-state index in [1.165, 1.54) is 6.92 Å². The maximum absolute atomic E-state index is 12.6. The number of benzene rings is 1. The summed E-state index contributed by atoms with van der Waals surface area (Å²) in [5.41, 5.74) is 2.82. The molecule has 2 atom stereocenters. The molecular formula is C20H24N4O2. The van der Waals surface area contributed by atoms with Crippen LogP contribution >= 0.6 is 0 Å². The van der Waals surface area contributed by atoms with Gasteiger partial charge in [0, 0.05) is 50.1 Å². The van der Waals surface area contributed by atoms with Crippen LogP contribution in [0, 0.1) is 11.8 Å². The Kier molecular flexibility index (Phi) is 4.26. The smallest absolute Gasteiger partial charge is 0.226 e. The number of nitrogens with zero attached hydrogens (tertiary/aromatic N) is 3. The SMILES string of the molecule is CC(=O)Nc1cccc(-c2cnc3n2CCN(C(=O)[C@H]2C[C@@H]2C)CC3)c1. The zero-order valence-electron chi connectivity index (χ0n) is 15.2. The molecule has 0 radical (unpaired) electrons. The first-order chi connectivity index (χ1) is 12.5. The predicted molar refractivity (Wildman–Crippen MR) is 99.5 cm³/mol. The number of nitrogens with one attached hydrogen (secondary N) is 1. The van der Waals surface area contributed by atoms with Gasteiger partial charge in [-0.2, -0.15) is 0 Å². The molecule has 1 saturated carbocycles. The second-order valence-electron chi connectivity index (χ2n) is 7.37. The third kappa shape index (κ3) is 3.23. The van der Waals surface area contributed by atoms with Crippen LogP contribution in [0.4, 0.5) is 5.69 Å². The summed E-state index contributed by atoms with van der Waals surface area (Å²) in [5, 5.41) is 2.82. The zero-order chi connectivity index (χ0) is 18.3. The number of fused-ring (bicyclic) bond motifs is 1. The van der Waals surface area contributed by atoms with Crippen LogP contribution in [0.5, 0.6) is 0 Å². The lowest BCUT2D eigenvalue weighted by Gasteiger charge is -2.20. The number of aromatic nitrogens is 2. The van der Waals surface area contributed by atoms with Crippen molar-refractivity contribution >= 4 is 17.5 Å². The van der Waals surface area contributed by atoms with Crippen molar-refractivity contribution in [2.24, 2.45) is 11.8 Å². The van der Waals surface area contributed by atoms with Gasteiger partial charge in [-0.25, -0.2) is 4.98 Å². The Morgan fingerprint density at radius 2 is 2.04 bits per heavy atom. The lowest BCUT2D eigenvalue weighted by molar-refractivity contribution is -0.132. The fourth-order valence-electron chi connectivity index (χ4n) is 3.74. The van der Waals surface area contributed by atoms with E-state index in [0.29, 0.717) is 11.8 Å². The van der Waals surface area contributed by atoms with Gasteiger partial charge in [-0.05, 0) is 24.5 Å². The summed E-state index contributed by atoms with van der Waals surface area (Å²) in [6.45, 7) is 5.87. The summed E-state index contributed by atoms with van der Waals surface area (Å²) in [6.07, 6.45) is 3.70. The lowest BCUT2D eigenvalue weighted by Crippen LogP contribution is -2.35. The van der Waals surface area contributed by atoms with Gasteiger partial charge >= 0.3 is 0 Å². The summed E-state index contributed by atoms with van der Waals surface area (Å²) < 4.78 is 2.20. The lowest BCUT2D eigenvalue weighted by atomic mass is 10.1. The Morgan fingerprint density at radius 1 is 1.23 bits per heavy atom. The molecule has 6 heteroatoms. The highest BCUT2D eigenvalue weighted by Gasteiger charge is 2.41. The van der Waals surface area contributed by atoms with E-state index in [1.54, 1.807) is 0 Å². The average molecular weight is 352 g/mol. The first-order valence-corrected chi connectivity index (χ1v) is 9.24. The van der Waals surface area contributed by atoms with Crippen LogP contribution in [0.15, 0.2) is 30.5 Å². The second kappa shape index (κ2) is 6.59. The third-order valence-corrected chi connectivity index (χ3v) is 5.35. The topological polar surface area (TPSA) is 67.2 Å². The van der Waals surface area contributed by atoms with E-state index in [4.69, 9.17) is 0 Å². The maximum Gasteiger partial charge on any atom is 0.226 e. The number of anilines is 1. The number of hydrogen-bond donors (Lipinski definition) is 1. The van der Waals surface area contributed by atoms with Gasteiger partial charge in [-0.15, -0.1) is 0 Å². The molecule has 136 valence electrons. The monoisotopic (exact) mass is 352 g/mol. The minimum Gasteiger partial charge on any atom is -0.340 e. The van der Waals surface area contributed by atoms with Crippen molar-refractivity contribution in [3.05, 3.63) is 36.3 Å². The van der Waals surface area contributed by atoms with Gasteiger partial charge in [0.2, 0.25) is 11.8 Å². The standard InChI is InChI=1S/C20H24N4O2/c1-13-10-17(13)20(26)23-7-6-19-21-12-18(24(19)9-8-23)15-4-3-5-16(11-15)22-14(2)25/h3-5,11-13,17H,6-10H2,1-2H3,(H,22,25)/t13-,17-/m0/s1. The second-order valence-corrected chi connectivity index (χ2v) is 7.37. The molecule has 1 N–H and O–H groups in total. The first-order valence-electron chi connectivity index (χ1n) is 9.24. The van der Waals surface area contributed by atoms with Crippen LogP contribution in [0.25, 0.3) is 11.3 Å². The Bertz CT molecular complexity index is 857. The Balaban J connectivity index is 1.55. The van der Waals surface area contributed by atoms with Crippen molar-refractivity contribution in [1.29, 1.82) is 0 Å². The minimum absolute atomic E-state index is 0.0854. The quantitative estimate of drug-likeness (QED) is 0.923. The van der Waals surface area contributed by atoms with Crippen molar-refractivity contribution in [1.82, 2.24) is 14.5 Å². The summed E-state index contributed by atoms with van der Waals surface area (Å²) >= 11 is 0. The van der Waals surface area contributed by atoms with Gasteiger partial charge < -0.3 is 14.8 Å². The number of amides is 2. The molecule has 0 spiro atoms. The number of carbonyl (C=O) groups excluding carboxylic acids is 2. The highest BCUT2D eigenvalue weighted by atomic mass is 16.2. The van der Waals surface area contributed by atoms with Crippen LogP contribution in [0.3, 0.4) is 0 Å². The Morgan fingerprint density at radius 3 is 2.77 bits per heavy atom. The summed E-state index contributed by atoms with van der Waals surface area (Å²) in [7, 11) is 0. The van der Waals surface area contributed by atoms with Gasteiger partial charge in [-0.1, -0.05) is 19.1 Å². The Labute approximate surface area is 153 Å². The highest BCUT2D eigenvalue weighted by Crippen LogP contribution is 2.39. The van der Waals surface area contributed by atoms with Crippen LogP contribution in [-0.2, 0) is 22.6 Å². The fraction of sp³-hybridized carbons (Fsp3) is 0.450. The van der Waals surface area contributed by atoms with Crippen molar-refractivity contribution in [3.8, 4) is 11.3 Å². The van der Waals surface area contributed by atoms with Gasteiger partial charge in [0.1, 0.15) is 5.82 Å². The molecule has 0 bridgehead atoms. The van der Waals surface area contributed by atoms with E-state index in [9.17, 15) is 9.59 Å². The van der Waals surface area contributed by atoms with Crippen LogP contribution in [0.2, 0.25) is 0 Å². The van der Waals surface area contributed by atoms with E-state index < -0.39 is 0 Å². The fourth-order valence-corrected chi connectivity index (χ4v) is 3.74. The van der Waals surface area contributed by atoms with E-state index >= 15 is 0 Å².